The monoisotopic (exact) mass is 182 g/mol. The van der Waals surface area contributed by atoms with Crippen LogP contribution in [0, 0.1) is 5.92 Å². The fraction of sp³-hybridized carbons (Fsp3) is 0.636. The minimum absolute atomic E-state index is 0.643. The van der Waals surface area contributed by atoms with Crippen molar-refractivity contribution in [3.63, 3.8) is 0 Å². The van der Waals surface area contributed by atoms with Gasteiger partial charge in [-0.3, -0.25) is 0 Å². The predicted molar refractivity (Wildman–Crippen MR) is 58.7 cm³/mol. The first-order valence-corrected chi connectivity index (χ1v) is 5.23. The van der Waals surface area contributed by atoms with Gasteiger partial charge in [-0.05, 0) is 39.0 Å². The molecular weight excluding hydrogens is 164 g/mol. The van der Waals surface area contributed by atoms with Crippen LogP contribution in [-0.4, -0.2) is 5.25 Å². The average Bonchev–Trinajstić information content (AvgIpc) is 2.47. The lowest BCUT2D eigenvalue weighted by atomic mass is 9.99. The van der Waals surface area contributed by atoms with Gasteiger partial charge in [-0.15, -0.1) is 0 Å². The summed E-state index contributed by atoms with van der Waals surface area (Å²) in [6.45, 7) is 4.29. The molecule has 0 bridgehead atoms. The number of hydrogen-bond acceptors (Lipinski definition) is 1. The Morgan fingerprint density at radius 1 is 1.42 bits per heavy atom. The highest BCUT2D eigenvalue weighted by Crippen LogP contribution is 2.33. The first-order chi connectivity index (χ1) is 5.74. The number of rotatable bonds is 2. The van der Waals surface area contributed by atoms with Crippen LogP contribution in [0.4, 0.5) is 0 Å². The maximum absolute atomic E-state index is 4.49. The van der Waals surface area contributed by atoms with Crippen molar-refractivity contribution in [3.8, 4) is 0 Å². The Morgan fingerprint density at radius 3 is 2.67 bits per heavy atom. The van der Waals surface area contributed by atoms with Crippen molar-refractivity contribution in [2.45, 2.75) is 38.4 Å². The molecule has 0 saturated heterocycles. The van der Waals surface area contributed by atoms with E-state index in [1.54, 1.807) is 0 Å². The van der Waals surface area contributed by atoms with Crippen molar-refractivity contribution in [1.82, 2.24) is 0 Å². The molecule has 0 aromatic heterocycles. The van der Waals surface area contributed by atoms with Crippen molar-refractivity contribution in [2.24, 2.45) is 5.92 Å². The van der Waals surface area contributed by atoms with Gasteiger partial charge in [0.1, 0.15) is 0 Å². The van der Waals surface area contributed by atoms with E-state index in [0.29, 0.717) is 5.25 Å². The summed E-state index contributed by atoms with van der Waals surface area (Å²) >= 11 is 4.49. The summed E-state index contributed by atoms with van der Waals surface area (Å²) in [5.41, 5.74) is 1.52. The fourth-order valence-electron chi connectivity index (χ4n) is 1.76. The Labute approximate surface area is 81.2 Å². The van der Waals surface area contributed by atoms with E-state index in [0.717, 1.165) is 5.92 Å². The Morgan fingerprint density at radius 2 is 2.17 bits per heavy atom. The van der Waals surface area contributed by atoms with Crippen molar-refractivity contribution >= 4 is 12.6 Å². The molecule has 0 aromatic rings. The lowest BCUT2D eigenvalue weighted by Gasteiger charge is -2.08. The lowest BCUT2D eigenvalue weighted by Crippen LogP contribution is -1.96. The maximum atomic E-state index is 4.49. The normalized spacial score (nSPS) is 31.8. The summed E-state index contributed by atoms with van der Waals surface area (Å²) in [5, 5.41) is 0.643. The molecule has 0 spiro atoms. The van der Waals surface area contributed by atoms with Crippen LogP contribution in [0.25, 0.3) is 0 Å². The van der Waals surface area contributed by atoms with Crippen LogP contribution in [0.1, 0.15) is 33.1 Å². The molecule has 1 aliphatic rings. The highest BCUT2D eigenvalue weighted by atomic mass is 32.1. The lowest BCUT2D eigenvalue weighted by molar-refractivity contribution is 0.644. The fourth-order valence-corrected chi connectivity index (χ4v) is 2.16. The molecule has 0 aromatic carbocycles. The van der Waals surface area contributed by atoms with Gasteiger partial charge in [0.05, 0.1) is 0 Å². The van der Waals surface area contributed by atoms with Crippen LogP contribution >= 0.6 is 12.6 Å². The van der Waals surface area contributed by atoms with Crippen molar-refractivity contribution in [3.05, 3.63) is 23.8 Å². The van der Waals surface area contributed by atoms with Gasteiger partial charge in [-0.2, -0.15) is 12.6 Å². The van der Waals surface area contributed by atoms with Crippen LogP contribution in [0.15, 0.2) is 23.8 Å². The van der Waals surface area contributed by atoms with Gasteiger partial charge in [-0.25, -0.2) is 0 Å². The summed E-state index contributed by atoms with van der Waals surface area (Å²) in [6, 6.07) is 0. The number of hydrogen-bond donors (Lipinski definition) is 1. The Hall–Kier alpha value is -0.170. The van der Waals surface area contributed by atoms with E-state index in [-0.39, 0.29) is 0 Å². The first-order valence-electron chi connectivity index (χ1n) is 4.71. The maximum Gasteiger partial charge on any atom is 0.00227 e. The summed E-state index contributed by atoms with van der Waals surface area (Å²) in [5.74, 6) is 0.795. The van der Waals surface area contributed by atoms with Crippen LogP contribution in [0.3, 0.4) is 0 Å². The third-order valence-electron chi connectivity index (χ3n) is 2.60. The zero-order valence-electron chi connectivity index (χ0n) is 7.96. The Bertz CT molecular complexity index is 191. The second-order valence-electron chi connectivity index (χ2n) is 3.60. The van der Waals surface area contributed by atoms with Gasteiger partial charge in [0, 0.05) is 5.25 Å². The molecule has 12 heavy (non-hydrogen) atoms. The topological polar surface area (TPSA) is 0 Å². The molecule has 0 amide bonds. The molecule has 0 N–H and O–H groups in total. The van der Waals surface area contributed by atoms with E-state index in [1.807, 2.05) is 0 Å². The Kier molecular flexibility index (Phi) is 3.93. The quantitative estimate of drug-likeness (QED) is 0.489. The first kappa shape index (κ1) is 9.91. The second-order valence-corrected chi connectivity index (χ2v) is 4.33. The second kappa shape index (κ2) is 4.76. The van der Waals surface area contributed by atoms with Crippen molar-refractivity contribution in [1.29, 1.82) is 0 Å². The zero-order valence-corrected chi connectivity index (χ0v) is 8.85. The van der Waals surface area contributed by atoms with E-state index >= 15 is 0 Å². The number of allylic oxidation sites excluding steroid dienone is 4. The molecule has 68 valence electrons. The minimum Gasteiger partial charge on any atom is -0.176 e. The molecule has 1 heteroatoms. The standard InChI is InChI=1S/C11H18S/c1-3-4-5-9(2)10-6-7-11(12)8-10/h3-5,10-12H,6-8H2,1-2H3/b4-3-,9-5+. The molecule has 0 nitrogen and oxygen atoms in total. The Balaban J connectivity index is 2.47. The van der Waals surface area contributed by atoms with Crippen LogP contribution in [0.2, 0.25) is 0 Å². The van der Waals surface area contributed by atoms with Gasteiger partial charge in [0.25, 0.3) is 0 Å². The van der Waals surface area contributed by atoms with Crippen molar-refractivity contribution in [2.75, 3.05) is 0 Å². The molecule has 2 atom stereocenters. The average molecular weight is 182 g/mol. The van der Waals surface area contributed by atoms with Gasteiger partial charge in [0.15, 0.2) is 0 Å². The van der Waals surface area contributed by atoms with Gasteiger partial charge >= 0.3 is 0 Å². The molecule has 0 heterocycles. The molecule has 0 aliphatic heterocycles. The molecule has 0 radical (unpaired) electrons. The minimum atomic E-state index is 0.643. The molecule has 2 unspecified atom stereocenters. The van der Waals surface area contributed by atoms with Crippen molar-refractivity contribution < 1.29 is 0 Å². The molecule has 1 rings (SSSR count). The summed E-state index contributed by atoms with van der Waals surface area (Å²) in [7, 11) is 0. The van der Waals surface area contributed by atoms with E-state index in [9.17, 15) is 0 Å². The van der Waals surface area contributed by atoms with Crippen LogP contribution in [-0.2, 0) is 0 Å². The summed E-state index contributed by atoms with van der Waals surface area (Å²) < 4.78 is 0. The third-order valence-corrected chi connectivity index (χ3v) is 3.07. The van der Waals surface area contributed by atoms with Gasteiger partial charge < -0.3 is 0 Å². The van der Waals surface area contributed by atoms with Crippen LogP contribution < -0.4 is 0 Å². The van der Waals surface area contributed by atoms with Crippen LogP contribution in [0.5, 0.6) is 0 Å². The summed E-state index contributed by atoms with van der Waals surface area (Å²) in [4.78, 5) is 0. The van der Waals surface area contributed by atoms with E-state index < -0.39 is 0 Å². The zero-order chi connectivity index (χ0) is 8.97. The molecular formula is C11H18S. The van der Waals surface area contributed by atoms with Gasteiger partial charge in [0.2, 0.25) is 0 Å². The van der Waals surface area contributed by atoms with E-state index in [1.165, 1.54) is 24.8 Å². The SMILES string of the molecule is C/C=C\C=C(/C)C1CCC(S)C1. The summed E-state index contributed by atoms with van der Waals surface area (Å²) in [6.07, 6.45) is 10.3. The van der Waals surface area contributed by atoms with E-state index in [2.05, 4.69) is 44.7 Å². The van der Waals surface area contributed by atoms with Gasteiger partial charge in [-0.1, -0.05) is 23.8 Å². The molecule has 1 aliphatic carbocycles. The molecule has 1 fully saturated rings. The largest absolute Gasteiger partial charge is 0.176 e. The third kappa shape index (κ3) is 2.71. The smallest absolute Gasteiger partial charge is 0.00227 e. The molecule has 1 saturated carbocycles. The highest BCUT2D eigenvalue weighted by molar-refractivity contribution is 7.80. The van der Waals surface area contributed by atoms with E-state index in [4.69, 9.17) is 0 Å². The highest BCUT2D eigenvalue weighted by Gasteiger charge is 2.22. The number of thiol groups is 1. The predicted octanol–water partition coefficient (Wildman–Crippen LogP) is 3.61.